The van der Waals surface area contributed by atoms with Crippen molar-refractivity contribution in [3.05, 3.63) is 108 Å². The standard InChI is InChI=1S/C29H34F3N5O4.C9H10O/c30-29(31,32)19-35-28(40)25-18-36(17-24-8-9-26(41-24)21-7-4-10-34-15-21)11-12-37(25)16-23(38)14-22(27(33)39)13-20-5-2-1-3-6-20;1-2-6-9-8(4-1)5-3-7-10-9/h1-10,15,22-23,25,38H,11-14,16-19H2,(H2,33,39)(H,35,40);1-2,4,6H,3,5,7H2/t22?,23?,25-;/m0./s1. The third kappa shape index (κ3) is 11.7. The smallest absolute Gasteiger partial charge is 0.405 e. The van der Waals surface area contributed by atoms with E-state index in [9.17, 15) is 27.9 Å². The van der Waals surface area contributed by atoms with E-state index >= 15 is 0 Å². The number of hydrogen-bond donors (Lipinski definition) is 3. The molecule has 0 radical (unpaired) electrons. The van der Waals surface area contributed by atoms with Crippen molar-refractivity contribution in [3.63, 3.8) is 0 Å². The molecule has 3 atom stereocenters. The van der Waals surface area contributed by atoms with Gasteiger partial charge < -0.3 is 25.3 Å². The summed E-state index contributed by atoms with van der Waals surface area (Å²) in [5.74, 6) is 0.366. The van der Waals surface area contributed by atoms with Crippen LogP contribution in [0.2, 0.25) is 0 Å². The maximum absolute atomic E-state index is 12.9. The predicted molar refractivity (Wildman–Crippen MR) is 185 cm³/mol. The number of carbonyl (C=O) groups is 2. The molecule has 0 bridgehead atoms. The molecule has 2 amide bonds. The molecule has 4 aromatic rings. The fourth-order valence-corrected chi connectivity index (χ4v) is 6.31. The normalized spacial score (nSPS) is 17.6. The van der Waals surface area contributed by atoms with Gasteiger partial charge in [0.2, 0.25) is 11.8 Å². The van der Waals surface area contributed by atoms with Crippen LogP contribution in [0.1, 0.15) is 29.7 Å². The molecule has 10 nitrogen and oxygen atoms in total. The number of aliphatic hydroxyl groups excluding tert-OH is 1. The van der Waals surface area contributed by atoms with Gasteiger partial charge in [0.15, 0.2) is 0 Å². The number of pyridine rings is 1. The van der Waals surface area contributed by atoms with Gasteiger partial charge in [-0.1, -0.05) is 48.5 Å². The zero-order chi connectivity index (χ0) is 36.2. The molecular formula is C38H44F3N5O5. The van der Waals surface area contributed by atoms with E-state index in [1.165, 1.54) is 12.0 Å². The Morgan fingerprint density at radius 2 is 1.80 bits per heavy atom. The van der Waals surface area contributed by atoms with Crippen LogP contribution in [0.4, 0.5) is 13.2 Å². The summed E-state index contributed by atoms with van der Waals surface area (Å²) in [7, 11) is 0. The van der Waals surface area contributed by atoms with Crippen molar-refractivity contribution in [3.8, 4) is 17.1 Å². The van der Waals surface area contributed by atoms with Crippen molar-refractivity contribution in [2.45, 2.75) is 50.6 Å². The lowest BCUT2D eigenvalue weighted by Crippen LogP contribution is -2.60. The Balaban J connectivity index is 0.000000428. The highest BCUT2D eigenvalue weighted by molar-refractivity contribution is 5.82. The Morgan fingerprint density at radius 3 is 2.53 bits per heavy atom. The Morgan fingerprint density at radius 1 is 1.02 bits per heavy atom. The lowest BCUT2D eigenvalue weighted by Gasteiger charge is -2.41. The van der Waals surface area contributed by atoms with Gasteiger partial charge in [-0.2, -0.15) is 13.2 Å². The van der Waals surface area contributed by atoms with Crippen molar-refractivity contribution in [2.75, 3.05) is 39.3 Å². The van der Waals surface area contributed by atoms with E-state index in [1.807, 2.05) is 70.9 Å². The monoisotopic (exact) mass is 707 g/mol. The molecule has 1 saturated heterocycles. The molecule has 0 spiro atoms. The second-order valence-corrected chi connectivity index (χ2v) is 12.8. The molecular weight excluding hydrogens is 663 g/mol. The fourth-order valence-electron chi connectivity index (χ4n) is 6.31. The number of alkyl halides is 3. The number of fused-ring (bicyclic) bond motifs is 1. The van der Waals surface area contributed by atoms with Crippen molar-refractivity contribution < 1.29 is 37.0 Å². The fraction of sp³-hybridized carbons (Fsp3) is 0.395. The van der Waals surface area contributed by atoms with Gasteiger partial charge in [-0.3, -0.25) is 24.4 Å². The number of amides is 2. The lowest BCUT2D eigenvalue weighted by atomic mass is 9.92. The number of nitrogens with one attached hydrogen (secondary N) is 1. The Labute approximate surface area is 295 Å². The minimum absolute atomic E-state index is 0.00240. The van der Waals surface area contributed by atoms with Crippen LogP contribution in [0.25, 0.3) is 11.3 Å². The number of ether oxygens (including phenoxy) is 1. The first-order valence-electron chi connectivity index (χ1n) is 17.1. The first kappa shape index (κ1) is 37.5. The predicted octanol–water partition coefficient (Wildman–Crippen LogP) is 4.61. The summed E-state index contributed by atoms with van der Waals surface area (Å²) in [6.45, 7) is 0.716. The SMILES string of the molecule is NC(=O)C(Cc1ccccc1)CC(O)CN1CCN(Cc2ccc(-c3cccnc3)o2)C[C@H]1C(=O)NCC(F)(F)F.c1ccc2c(c1)CCCO2. The van der Waals surface area contributed by atoms with Gasteiger partial charge in [0.25, 0.3) is 0 Å². The van der Waals surface area contributed by atoms with Gasteiger partial charge in [-0.25, -0.2) is 0 Å². The number of aliphatic hydroxyl groups is 1. The molecule has 1 fully saturated rings. The number of furan rings is 1. The van der Waals surface area contributed by atoms with Gasteiger partial charge in [0, 0.05) is 50.1 Å². The van der Waals surface area contributed by atoms with Crippen LogP contribution in [-0.4, -0.2) is 89.4 Å². The average molecular weight is 708 g/mol. The molecule has 4 N–H and O–H groups in total. The third-order valence-corrected chi connectivity index (χ3v) is 8.88. The maximum atomic E-state index is 12.9. The number of primary amides is 1. The molecule has 13 heteroatoms. The molecule has 2 aromatic carbocycles. The van der Waals surface area contributed by atoms with E-state index in [-0.39, 0.29) is 19.5 Å². The van der Waals surface area contributed by atoms with Crippen molar-refractivity contribution >= 4 is 11.8 Å². The van der Waals surface area contributed by atoms with E-state index < -0.39 is 42.6 Å². The van der Waals surface area contributed by atoms with Crippen LogP contribution in [0.5, 0.6) is 5.75 Å². The van der Waals surface area contributed by atoms with Crippen molar-refractivity contribution in [1.82, 2.24) is 20.1 Å². The van der Waals surface area contributed by atoms with Crippen molar-refractivity contribution in [1.29, 1.82) is 0 Å². The van der Waals surface area contributed by atoms with E-state index in [4.69, 9.17) is 14.9 Å². The largest absolute Gasteiger partial charge is 0.493 e. The molecule has 0 saturated carbocycles. The summed E-state index contributed by atoms with van der Waals surface area (Å²) >= 11 is 0. The zero-order valence-electron chi connectivity index (χ0n) is 28.3. The van der Waals surface area contributed by atoms with Gasteiger partial charge >= 0.3 is 6.18 Å². The molecule has 6 rings (SSSR count). The molecule has 4 heterocycles. The van der Waals surface area contributed by atoms with Gasteiger partial charge in [0.05, 0.1) is 19.3 Å². The number of benzene rings is 2. The highest BCUT2D eigenvalue weighted by Crippen LogP contribution is 2.25. The molecule has 2 aromatic heterocycles. The number of para-hydroxylation sites is 1. The van der Waals surface area contributed by atoms with Crippen LogP contribution < -0.4 is 15.8 Å². The Hall–Kier alpha value is -4.72. The number of aryl methyl sites for hydroxylation is 1. The average Bonchev–Trinajstić information content (AvgIpc) is 3.60. The minimum atomic E-state index is -4.56. The number of nitrogens with zero attached hydrogens (tertiary/aromatic N) is 3. The number of piperazine rings is 1. The third-order valence-electron chi connectivity index (χ3n) is 8.88. The maximum Gasteiger partial charge on any atom is 0.405 e. The Bertz CT molecular complexity index is 1660. The number of carbonyl (C=O) groups excluding carboxylic acids is 2. The van der Waals surface area contributed by atoms with Gasteiger partial charge in [-0.15, -0.1) is 0 Å². The number of hydrogen-bond acceptors (Lipinski definition) is 8. The quantitative estimate of drug-likeness (QED) is 0.195. The van der Waals surface area contributed by atoms with Crippen LogP contribution in [0.15, 0.2) is 95.7 Å². The van der Waals surface area contributed by atoms with Crippen LogP contribution >= 0.6 is 0 Å². The van der Waals surface area contributed by atoms with Crippen LogP contribution in [0.3, 0.4) is 0 Å². The highest BCUT2D eigenvalue weighted by Gasteiger charge is 2.36. The number of halogens is 3. The van der Waals surface area contributed by atoms with Crippen LogP contribution in [-0.2, 0) is 29.0 Å². The second-order valence-electron chi connectivity index (χ2n) is 12.8. The molecule has 0 aliphatic carbocycles. The zero-order valence-corrected chi connectivity index (χ0v) is 28.3. The first-order chi connectivity index (χ1) is 24.5. The number of nitrogens with two attached hydrogens (primary N) is 1. The molecule has 51 heavy (non-hydrogen) atoms. The van der Waals surface area contributed by atoms with Gasteiger partial charge in [-0.05, 0) is 67.1 Å². The summed E-state index contributed by atoms with van der Waals surface area (Å²) in [5.41, 5.74) is 8.66. The number of aromatic nitrogens is 1. The number of rotatable bonds is 12. The molecule has 2 aliphatic heterocycles. The summed E-state index contributed by atoms with van der Waals surface area (Å²) in [6, 6.07) is 23.9. The van der Waals surface area contributed by atoms with E-state index in [1.54, 1.807) is 23.4 Å². The molecule has 2 aliphatic rings. The number of β-amino-alcohol motifs (C(OH)–C–C–N with tert-alkyl or cyclic N) is 1. The summed E-state index contributed by atoms with van der Waals surface area (Å²) < 4.78 is 49.9. The Kier molecular flexibility index (Phi) is 13.2. The topological polar surface area (TPSA) is 134 Å². The summed E-state index contributed by atoms with van der Waals surface area (Å²) in [4.78, 5) is 32.7. The molecule has 272 valence electrons. The summed E-state index contributed by atoms with van der Waals surface area (Å²) in [6.07, 6.45) is 0.505. The van der Waals surface area contributed by atoms with E-state index in [2.05, 4.69) is 17.1 Å². The van der Waals surface area contributed by atoms with E-state index in [0.29, 0.717) is 37.6 Å². The lowest BCUT2D eigenvalue weighted by molar-refractivity contribution is -0.143. The minimum Gasteiger partial charge on any atom is -0.493 e. The highest BCUT2D eigenvalue weighted by atomic mass is 19.4. The van der Waals surface area contributed by atoms with Crippen molar-refractivity contribution in [2.24, 2.45) is 11.7 Å². The first-order valence-corrected chi connectivity index (χ1v) is 17.1. The second kappa shape index (κ2) is 18.0. The summed E-state index contributed by atoms with van der Waals surface area (Å²) in [5, 5.41) is 12.9. The van der Waals surface area contributed by atoms with Gasteiger partial charge in [0.1, 0.15) is 29.9 Å². The van der Waals surface area contributed by atoms with E-state index in [0.717, 1.165) is 29.9 Å². The van der Waals surface area contributed by atoms with Crippen LogP contribution in [0, 0.1) is 5.92 Å². The molecule has 2 unspecified atom stereocenters.